The lowest BCUT2D eigenvalue weighted by Gasteiger charge is -2.13. The van der Waals surface area contributed by atoms with Crippen LogP contribution in [0.2, 0.25) is 0 Å². The highest BCUT2D eigenvalue weighted by Gasteiger charge is 2.05. The van der Waals surface area contributed by atoms with Gasteiger partial charge in [0.1, 0.15) is 0 Å². The highest BCUT2D eigenvalue weighted by Crippen LogP contribution is 2.10. The Bertz CT molecular complexity index is 305. The minimum Gasteiger partial charge on any atom is -0.356 e. The Balaban J connectivity index is 2.45. The van der Waals surface area contributed by atoms with Gasteiger partial charge in [-0.3, -0.25) is 0 Å². The Morgan fingerprint density at radius 2 is 1.59 bits per heavy atom. The van der Waals surface area contributed by atoms with Crippen LogP contribution in [0.3, 0.4) is 0 Å². The van der Waals surface area contributed by atoms with Crippen molar-refractivity contribution in [1.29, 1.82) is 0 Å². The van der Waals surface area contributed by atoms with E-state index < -0.39 is 0 Å². The second kappa shape index (κ2) is 7.43. The summed E-state index contributed by atoms with van der Waals surface area (Å²) in [6.07, 6.45) is 2.66. The number of ether oxygens (including phenoxy) is 2. The molecule has 0 amide bonds. The van der Waals surface area contributed by atoms with Crippen molar-refractivity contribution in [1.82, 2.24) is 0 Å². The van der Waals surface area contributed by atoms with Crippen LogP contribution in [0.15, 0.2) is 24.3 Å². The third-order valence-electron chi connectivity index (χ3n) is 2.78. The second-order valence-electron chi connectivity index (χ2n) is 4.44. The molecule has 0 aromatic heterocycles. The van der Waals surface area contributed by atoms with E-state index in [4.69, 9.17) is 15.2 Å². The van der Waals surface area contributed by atoms with Gasteiger partial charge in [0.05, 0.1) is 0 Å². The summed E-state index contributed by atoms with van der Waals surface area (Å²) in [6, 6.07) is 8.81. The van der Waals surface area contributed by atoms with Crippen molar-refractivity contribution in [3.05, 3.63) is 35.4 Å². The molecule has 1 atom stereocenters. The number of hydrogen-bond donors (Lipinski definition) is 1. The van der Waals surface area contributed by atoms with Crippen molar-refractivity contribution < 1.29 is 9.47 Å². The normalized spacial score (nSPS) is 13.0. The molecule has 0 aliphatic heterocycles. The molecule has 1 rings (SSSR count). The van der Waals surface area contributed by atoms with Crippen LogP contribution in [0.25, 0.3) is 0 Å². The fourth-order valence-electron chi connectivity index (χ4n) is 1.83. The summed E-state index contributed by atoms with van der Waals surface area (Å²) >= 11 is 0. The molecule has 3 nitrogen and oxygen atoms in total. The monoisotopic (exact) mass is 237 g/mol. The minimum atomic E-state index is -0.112. The first-order valence-electron chi connectivity index (χ1n) is 6.04. The van der Waals surface area contributed by atoms with Crippen molar-refractivity contribution in [2.24, 2.45) is 5.73 Å². The Labute approximate surface area is 104 Å². The Morgan fingerprint density at radius 1 is 1.06 bits per heavy atom. The molecular formula is C14H23NO2. The molecule has 0 saturated heterocycles. The van der Waals surface area contributed by atoms with E-state index in [1.165, 1.54) is 11.1 Å². The largest absolute Gasteiger partial charge is 0.356 e. The van der Waals surface area contributed by atoms with Gasteiger partial charge in [-0.25, -0.2) is 0 Å². The molecule has 0 aliphatic carbocycles. The molecule has 3 heteroatoms. The fourth-order valence-corrected chi connectivity index (χ4v) is 1.83. The second-order valence-corrected chi connectivity index (χ2v) is 4.44. The van der Waals surface area contributed by atoms with Gasteiger partial charge < -0.3 is 15.2 Å². The Morgan fingerprint density at radius 3 is 2.06 bits per heavy atom. The molecule has 2 N–H and O–H groups in total. The first-order chi connectivity index (χ1) is 8.15. The first kappa shape index (κ1) is 14.2. The molecule has 0 saturated carbocycles. The van der Waals surface area contributed by atoms with E-state index in [1.54, 1.807) is 14.2 Å². The van der Waals surface area contributed by atoms with Crippen LogP contribution in [0, 0.1) is 0 Å². The van der Waals surface area contributed by atoms with E-state index in [0.29, 0.717) is 0 Å². The molecule has 1 aromatic carbocycles. The van der Waals surface area contributed by atoms with E-state index in [9.17, 15) is 0 Å². The van der Waals surface area contributed by atoms with Crippen LogP contribution in [0.5, 0.6) is 0 Å². The molecule has 0 bridgehead atoms. The first-order valence-corrected chi connectivity index (χ1v) is 6.04. The minimum absolute atomic E-state index is 0.112. The molecule has 0 heterocycles. The summed E-state index contributed by atoms with van der Waals surface area (Å²) in [7, 11) is 3.33. The van der Waals surface area contributed by atoms with E-state index in [1.807, 2.05) is 6.92 Å². The molecule has 0 unspecified atom stereocenters. The maximum atomic E-state index is 5.76. The third kappa shape index (κ3) is 5.31. The number of benzene rings is 1. The number of methoxy groups -OCH3 is 2. The number of hydrogen-bond acceptors (Lipinski definition) is 3. The van der Waals surface area contributed by atoms with E-state index in [0.717, 1.165) is 19.3 Å². The quantitative estimate of drug-likeness (QED) is 0.739. The van der Waals surface area contributed by atoms with Crippen LogP contribution in [0.1, 0.15) is 24.5 Å². The fraction of sp³-hybridized carbons (Fsp3) is 0.571. The molecule has 17 heavy (non-hydrogen) atoms. The molecule has 0 radical (unpaired) electrons. The SMILES string of the molecule is COC(CCc1ccc(C[C@@H](C)N)cc1)OC. The molecule has 96 valence electrons. The average molecular weight is 237 g/mol. The van der Waals surface area contributed by atoms with Crippen molar-refractivity contribution in [2.75, 3.05) is 14.2 Å². The molecule has 1 aromatic rings. The lowest BCUT2D eigenvalue weighted by atomic mass is 10.0. The van der Waals surface area contributed by atoms with Gasteiger partial charge in [0.2, 0.25) is 0 Å². The highest BCUT2D eigenvalue weighted by atomic mass is 16.7. The van der Waals surface area contributed by atoms with Gasteiger partial charge in [-0.2, -0.15) is 0 Å². The zero-order valence-electron chi connectivity index (χ0n) is 11.0. The standard InChI is InChI=1S/C14H23NO2/c1-11(15)10-13-6-4-12(5-7-13)8-9-14(16-2)17-3/h4-7,11,14H,8-10,15H2,1-3H3/t11-/m1/s1. The summed E-state index contributed by atoms with van der Waals surface area (Å²) in [4.78, 5) is 0. The molecule has 0 aliphatic rings. The average Bonchev–Trinajstić information content (AvgIpc) is 2.32. The topological polar surface area (TPSA) is 44.5 Å². The van der Waals surface area contributed by atoms with E-state index in [2.05, 4.69) is 24.3 Å². The van der Waals surface area contributed by atoms with Crippen molar-refractivity contribution >= 4 is 0 Å². The van der Waals surface area contributed by atoms with E-state index >= 15 is 0 Å². The van der Waals surface area contributed by atoms with Crippen LogP contribution in [-0.4, -0.2) is 26.6 Å². The molecular weight excluding hydrogens is 214 g/mol. The van der Waals surface area contributed by atoms with Gasteiger partial charge in [-0.1, -0.05) is 24.3 Å². The summed E-state index contributed by atoms with van der Waals surface area (Å²) in [5, 5.41) is 0. The highest BCUT2D eigenvalue weighted by molar-refractivity contribution is 5.23. The zero-order valence-corrected chi connectivity index (χ0v) is 11.0. The maximum Gasteiger partial charge on any atom is 0.157 e. The lowest BCUT2D eigenvalue weighted by Crippen LogP contribution is -2.17. The van der Waals surface area contributed by atoms with Gasteiger partial charge in [0.15, 0.2) is 6.29 Å². The number of aryl methyl sites for hydroxylation is 1. The summed E-state index contributed by atoms with van der Waals surface area (Å²) in [6.45, 7) is 2.02. The third-order valence-corrected chi connectivity index (χ3v) is 2.78. The van der Waals surface area contributed by atoms with Gasteiger partial charge in [0.25, 0.3) is 0 Å². The van der Waals surface area contributed by atoms with Crippen LogP contribution >= 0.6 is 0 Å². The van der Waals surface area contributed by atoms with Crippen molar-refractivity contribution in [2.45, 2.75) is 38.5 Å². The number of nitrogens with two attached hydrogens (primary N) is 1. The lowest BCUT2D eigenvalue weighted by molar-refractivity contribution is -0.105. The van der Waals surface area contributed by atoms with E-state index in [-0.39, 0.29) is 12.3 Å². The van der Waals surface area contributed by atoms with Gasteiger partial charge in [-0.15, -0.1) is 0 Å². The molecule has 0 spiro atoms. The maximum absolute atomic E-state index is 5.76. The Kier molecular flexibility index (Phi) is 6.19. The van der Waals surface area contributed by atoms with Gasteiger partial charge >= 0.3 is 0 Å². The summed E-state index contributed by atoms with van der Waals surface area (Å²) < 4.78 is 10.3. The van der Waals surface area contributed by atoms with Crippen LogP contribution < -0.4 is 5.73 Å². The summed E-state index contributed by atoms with van der Waals surface area (Å²) in [5.74, 6) is 0. The van der Waals surface area contributed by atoms with Crippen molar-refractivity contribution in [3.8, 4) is 0 Å². The predicted molar refractivity (Wildman–Crippen MR) is 69.9 cm³/mol. The Hall–Kier alpha value is -0.900. The van der Waals surface area contributed by atoms with Crippen LogP contribution in [-0.2, 0) is 22.3 Å². The zero-order chi connectivity index (χ0) is 12.7. The number of rotatable bonds is 7. The van der Waals surface area contributed by atoms with Gasteiger partial charge in [0, 0.05) is 26.7 Å². The summed E-state index contributed by atoms with van der Waals surface area (Å²) in [5.41, 5.74) is 8.36. The van der Waals surface area contributed by atoms with Crippen LogP contribution in [0.4, 0.5) is 0 Å². The van der Waals surface area contributed by atoms with Crippen molar-refractivity contribution in [3.63, 3.8) is 0 Å². The van der Waals surface area contributed by atoms with Gasteiger partial charge in [-0.05, 0) is 30.9 Å². The molecule has 0 fully saturated rings. The smallest absolute Gasteiger partial charge is 0.157 e. The predicted octanol–water partition coefficient (Wildman–Crippen LogP) is 2.13.